The number of amides is 1. The summed E-state index contributed by atoms with van der Waals surface area (Å²) in [4.78, 5) is 13.6. The second kappa shape index (κ2) is 6.96. The Hall–Kier alpha value is -0.620. The van der Waals surface area contributed by atoms with Gasteiger partial charge in [-0.3, -0.25) is 4.79 Å². The Morgan fingerprint density at radius 1 is 1.24 bits per heavy atom. The summed E-state index contributed by atoms with van der Waals surface area (Å²) in [5.74, 6) is 0.351. The second-order valence-corrected chi connectivity index (χ2v) is 6.83. The molecule has 1 rings (SSSR count). The molecule has 17 heavy (non-hydrogen) atoms. The number of piperidine rings is 1. The van der Waals surface area contributed by atoms with Gasteiger partial charge < -0.3 is 10.2 Å². The van der Waals surface area contributed by atoms with E-state index in [1.807, 2.05) is 4.90 Å². The van der Waals surface area contributed by atoms with E-state index in [9.17, 15) is 13.2 Å². The zero-order valence-corrected chi connectivity index (χ0v) is 11.3. The Balaban J connectivity index is 2.15. The van der Waals surface area contributed by atoms with Crippen LogP contribution in [0, 0.1) is 0 Å². The van der Waals surface area contributed by atoms with Crippen molar-refractivity contribution < 1.29 is 13.2 Å². The van der Waals surface area contributed by atoms with E-state index >= 15 is 0 Å². The lowest BCUT2D eigenvalue weighted by atomic mass is 10.1. The highest BCUT2D eigenvalue weighted by atomic mass is 32.2. The molecule has 1 aliphatic rings. The van der Waals surface area contributed by atoms with Gasteiger partial charge in [-0.25, -0.2) is 8.42 Å². The van der Waals surface area contributed by atoms with Crippen LogP contribution in [0.5, 0.6) is 0 Å². The molecule has 0 unspecified atom stereocenters. The standard InChI is InChI=1S/C11H22N2O3S/c1-2-17(15,16)9-6-12-10-11(14)13-7-4-3-5-8-13/h12H,2-10H2,1H3. The number of carbonyl (C=O) groups is 1. The molecule has 0 saturated carbocycles. The summed E-state index contributed by atoms with van der Waals surface area (Å²) in [6, 6.07) is 0. The summed E-state index contributed by atoms with van der Waals surface area (Å²) < 4.78 is 22.4. The van der Waals surface area contributed by atoms with Gasteiger partial charge in [0.15, 0.2) is 9.84 Å². The van der Waals surface area contributed by atoms with E-state index in [2.05, 4.69) is 5.32 Å². The Labute approximate surface area is 103 Å². The zero-order chi connectivity index (χ0) is 12.7. The summed E-state index contributed by atoms with van der Waals surface area (Å²) in [5, 5.41) is 2.90. The van der Waals surface area contributed by atoms with Crippen LogP contribution >= 0.6 is 0 Å². The highest BCUT2D eigenvalue weighted by Gasteiger charge is 2.15. The topological polar surface area (TPSA) is 66.5 Å². The van der Waals surface area contributed by atoms with E-state index in [1.165, 1.54) is 6.42 Å². The van der Waals surface area contributed by atoms with Crippen molar-refractivity contribution in [1.82, 2.24) is 10.2 Å². The summed E-state index contributed by atoms with van der Waals surface area (Å²) in [5.41, 5.74) is 0. The summed E-state index contributed by atoms with van der Waals surface area (Å²) in [7, 11) is -2.93. The Kier molecular flexibility index (Phi) is 5.91. The number of rotatable bonds is 6. The second-order valence-electron chi connectivity index (χ2n) is 4.35. The number of hydrogen-bond acceptors (Lipinski definition) is 4. The molecule has 0 aromatic carbocycles. The minimum atomic E-state index is -2.93. The summed E-state index contributed by atoms with van der Waals surface area (Å²) in [6.07, 6.45) is 3.36. The van der Waals surface area contributed by atoms with Crippen LogP contribution in [0.1, 0.15) is 26.2 Å². The Morgan fingerprint density at radius 2 is 1.88 bits per heavy atom. The third-order valence-corrected chi connectivity index (χ3v) is 4.72. The van der Waals surface area contributed by atoms with E-state index in [0.717, 1.165) is 25.9 Å². The quantitative estimate of drug-likeness (QED) is 0.686. The molecule has 0 aromatic rings. The van der Waals surface area contributed by atoms with Gasteiger partial charge in [0.1, 0.15) is 0 Å². The molecule has 1 amide bonds. The van der Waals surface area contributed by atoms with Crippen LogP contribution in [-0.4, -0.2) is 56.9 Å². The first kappa shape index (κ1) is 14.4. The molecular weight excluding hydrogens is 240 g/mol. The van der Waals surface area contributed by atoms with E-state index in [0.29, 0.717) is 6.54 Å². The lowest BCUT2D eigenvalue weighted by molar-refractivity contribution is -0.131. The molecule has 1 fully saturated rings. The van der Waals surface area contributed by atoms with Crippen LogP contribution in [0.15, 0.2) is 0 Å². The van der Waals surface area contributed by atoms with Crippen LogP contribution < -0.4 is 5.32 Å². The van der Waals surface area contributed by atoms with Crippen molar-refractivity contribution in [2.75, 3.05) is 37.7 Å². The Morgan fingerprint density at radius 3 is 2.47 bits per heavy atom. The van der Waals surface area contributed by atoms with Gasteiger partial charge in [0.25, 0.3) is 0 Å². The maximum Gasteiger partial charge on any atom is 0.236 e. The molecule has 6 heteroatoms. The highest BCUT2D eigenvalue weighted by molar-refractivity contribution is 7.91. The fourth-order valence-electron chi connectivity index (χ4n) is 1.82. The van der Waals surface area contributed by atoms with Gasteiger partial charge in [-0.1, -0.05) is 6.92 Å². The predicted molar refractivity (Wildman–Crippen MR) is 67.6 cm³/mol. The Bertz CT molecular complexity index is 335. The van der Waals surface area contributed by atoms with Crippen molar-refractivity contribution in [3.8, 4) is 0 Å². The molecule has 1 heterocycles. The van der Waals surface area contributed by atoms with Crippen LogP contribution in [0.2, 0.25) is 0 Å². The van der Waals surface area contributed by atoms with Crippen LogP contribution in [0.4, 0.5) is 0 Å². The van der Waals surface area contributed by atoms with E-state index in [1.54, 1.807) is 6.92 Å². The number of sulfone groups is 1. The molecule has 0 radical (unpaired) electrons. The van der Waals surface area contributed by atoms with Gasteiger partial charge in [-0.2, -0.15) is 0 Å². The molecule has 0 aromatic heterocycles. The smallest absolute Gasteiger partial charge is 0.236 e. The van der Waals surface area contributed by atoms with Crippen molar-refractivity contribution in [2.45, 2.75) is 26.2 Å². The van der Waals surface area contributed by atoms with Gasteiger partial charge in [-0.15, -0.1) is 0 Å². The number of carbonyl (C=O) groups excluding carboxylic acids is 1. The maximum atomic E-state index is 11.7. The summed E-state index contributed by atoms with van der Waals surface area (Å²) >= 11 is 0. The fourth-order valence-corrected chi connectivity index (χ4v) is 2.57. The van der Waals surface area contributed by atoms with E-state index in [4.69, 9.17) is 0 Å². The zero-order valence-electron chi connectivity index (χ0n) is 10.4. The molecule has 5 nitrogen and oxygen atoms in total. The maximum absolute atomic E-state index is 11.7. The number of likely N-dealkylation sites (tertiary alicyclic amines) is 1. The monoisotopic (exact) mass is 262 g/mol. The third-order valence-electron chi connectivity index (χ3n) is 3.01. The van der Waals surface area contributed by atoms with Crippen molar-refractivity contribution in [1.29, 1.82) is 0 Å². The fraction of sp³-hybridized carbons (Fsp3) is 0.909. The van der Waals surface area contributed by atoms with Crippen molar-refractivity contribution >= 4 is 15.7 Å². The van der Waals surface area contributed by atoms with Gasteiger partial charge >= 0.3 is 0 Å². The van der Waals surface area contributed by atoms with Crippen LogP contribution in [0.3, 0.4) is 0 Å². The first-order chi connectivity index (χ1) is 8.05. The summed E-state index contributed by atoms with van der Waals surface area (Å²) in [6.45, 7) is 3.92. The molecule has 1 saturated heterocycles. The first-order valence-electron chi connectivity index (χ1n) is 6.24. The van der Waals surface area contributed by atoms with E-state index < -0.39 is 9.84 Å². The molecule has 1 aliphatic heterocycles. The third kappa shape index (κ3) is 5.50. The van der Waals surface area contributed by atoms with Crippen molar-refractivity contribution in [3.63, 3.8) is 0 Å². The van der Waals surface area contributed by atoms with Crippen LogP contribution in [-0.2, 0) is 14.6 Å². The molecular formula is C11H22N2O3S. The van der Waals surface area contributed by atoms with Crippen molar-refractivity contribution in [3.05, 3.63) is 0 Å². The van der Waals surface area contributed by atoms with Gasteiger partial charge in [0.05, 0.1) is 12.3 Å². The largest absolute Gasteiger partial charge is 0.342 e. The van der Waals surface area contributed by atoms with E-state index in [-0.39, 0.29) is 24.0 Å². The molecule has 0 spiro atoms. The molecule has 100 valence electrons. The predicted octanol–water partition coefficient (Wildman–Crippen LogP) is 0.0232. The van der Waals surface area contributed by atoms with Gasteiger partial charge in [0.2, 0.25) is 5.91 Å². The lowest BCUT2D eigenvalue weighted by Crippen LogP contribution is -2.42. The van der Waals surface area contributed by atoms with Crippen LogP contribution in [0.25, 0.3) is 0 Å². The molecule has 0 bridgehead atoms. The SMILES string of the molecule is CCS(=O)(=O)CCNCC(=O)N1CCCCC1. The molecule has 1 N–H and O–H groups in total. The van der Waals surface area contributed by atoms with Gasteiger partial charge in [-0.05, 0) is 19.3 Å². The molecule has 0 atom stereocenters. The first-order valence-corrected chi connectivity index (χ1v) is 8.06. The lowest BCUT2D eigenvalue weighted by Gasteiger charge is -2.26. The number of hydrogen-bond donors (Lipinski definition) is 1. The van der Waals surface area contributed by atoms with Crippen molar-refractivity contribution in [2.24, 2.45) is 0 Å². The highest BCUT2D eigenvalue weighted by Crippen LogP contribution is 2.08. The molecule has 0 aliphatic carbocycles. The minimum absolute atomic E-state index is 0.0820. The van der Waals surface area contributed by atoms with Gasteiger partial charge in [0, 0.05) is 25.4 Å². The minimum Gasteiger partial charge on any atom is -0.342 e. The number of nitrogens with one attached hydrogen (secondary N) is 1. The number of nitrogens with zero attached hydrogens (tertiary/aromatic N) is 1. The average Bonchev–Trinajstić information content (AvgIpc) is 2.35. The normalized spacial score (nSPS) is 17.1. The average molecular weight is 262 g/mol.